The second-order valence-corrected chi connectivity index (χ2v) is 4.89. The quantitative estimate of drug-likeness (QED) is 0.746. The van der Waals surface area contributed by atoms with Crippen molar-refractivity contribution >= 4 is 5.91 Å². The number of rotatable bonds is 4. The Bertz CT molecular complexity index is 198. The number of hydrogen-bond donors (Lipinski definition) is 2. The molecule has 1 unspecified atom stereocenters. The fraction of sp³-hybridized carbons (Fsp3) is 0.917. The van der Waals surface area contributed by atoms with Gasteiger partial charge in [-0.15, -0.1) is 0 Å². The lowest BCUT2D eigenvalue weighted by molar-refractivity contribution is -0.123. The molecule has 0 radical (unpaired) electrons. The Morgan fingerprint density at radius 3 is 2.27 bits per heavy atom. The Kier molecular flexibility index (Phi) is 5.09. The molecule has 3 nitrogen and oxygen atoms in total. The molecule has 0 spiro atoms. The van der Waals surface area contributed by atoms with Crippen molar-refractivity contribution in [3.63, 3.8) is 0 Å². The average Bonchev–Trinajstić information content (AvgIpc) is 2.18. The molecule has 15 heavy (non-hydrogen) atoms. The lowest BCUT2D eigenvalue weighted by atomic mass is 9.95. The van der Waals surface area contributed by atoms with Crippen LogP contribution >= 0.6 is 0 Å². The number of amides is 1. The zero-order valence-electron chi connectivity index (χ0n) is 10.2. The molecule has 0 saturated heterocycles. The summed E-state index contributed by atoms with van der Waals surface area (Å²) in [5, 5.41) is 6.34. The number of hydrogen-bond acceptors (Lipinski definition) is 2. The molecular formula is C12H24N2O. The molecule has 1 rings (SSSR count). The van der Waals surface area contributed by atoms with E-state index in [0.717, 1.165) is 12.8 Å². The van der Waals surface area contributed by atoms with Crippen molar-refractivity contribution in [3.8, 4) is 0 Å². The van der Waals surface area contributed by atoms with Crippen LogP contribution in [0.15, 0.2) is 0 Å². The van der Waals surface area contributed by atoms with E-state index >= 15 is 0 Å². The molecule has 1 atom stereocenters. The van der Waals surface area contributed by atoms with Crippen LogP contribution in [0.3, 0.4) is 0 Å². The topological polar surface area (TPSA) is 41.1 Å². The molecule has 0 aromatic heterocycles. The summed E-state index contributed by atoms with van der Waals surface area (Å²) in [6.07, 6.45) is 6.15. The van der Waals surface area contributed by atoms with E-state index in [1.807, 2.05) is 6.92 Å². The van der Waals surface area contributed by atoms with Crippen LogP contribution in [0.5, 0.6) is 0 Å². The maximum atomic E-state index is 11.8. The van der Waals surface area contributed by atoms with Crippen molar-refractivity contribution in [2.45, 2.75) is 71.0 Å². The van der Waals surface area contributed by atoms with Crippen LogP contribution in [-0.4, -0.2) is 24.0 Å². The third-order valence-electron chi connectivity index (χ3n) is 2.93. The Morgan fingerprint density at radius 2 is 1.73 bits per heavy atom. The van der Waals surface area contributed by atoms with Crippen LogP contribution in [0.4, 0.5) is 0 Å². The van der Waals surface area contributed by atoms with E-state index in [9.17, 15) is 4.79 Å². The highest BCUT2D eigenvalue weighted by Crippen LogP contribution is 2.17. The zero-order chi connectivity index (χ0) is 11.3. The first-order valence-corrected chi connectivity index (χ1v) is 6.16. The standard InChI is InChI=1S/C12H24N2O/c1-9(2)13-10(3)12(15)14-11-7-5-4-6-8-11/h9-11,13H,4-8H2,1-3H3,(H,14,15). The predicted molar refractivity (Wildman–Crippen MR) is 62.7 cm³/mol. The summed E-state index contributed by atoms with van der Waals surface area (Å²) in [6.45, 7) is 6.05. The van der Waals surface area contributed by atoms with E-state index in [0.29, 0.717) is 12.1 Å². The molecule has 1 amide bonds. The van der Waals surface area contributed by atoms with Gasteiger partial charge in [0.1, 0.15) is 0 Å². The number of carbonyl (C=O) groups excluding carboxylic acids is 1. The van der Waals surface area contributed by atoms with Crippen molar-refractivity contribution in [2.75, 3.05) is 0 Å². The van der Waals surface area contributed by atoms with Gasteiger partial charge in [0.2, 0.25) is 5.91 Å². The Balaban J connectivity index is 2.27. The predicted octanol–water partition coefficient (Wildman–Crippen LogP) is 1.82. The van der Waals surface area contributed by atoms with E-state index in [1.54, 1.807) is 0 Å². The summed E-state index contributed by atoms with van der Waals surface area (Å²) >= 11 is 0. The summed E-state index contributed by atoms with van der Waals surface area (Å²) < 4.78 is 0. The molecule has 1 aliphatic carbocycles. The summed E-state index contributed by atoms with van der Waals surface area (Å²) in [5.74, 6) is 0.149. The van der Waals surface area contributed by atoms with Gasteiger partial charge in [-0.1, -0.05) is 33.1 Å². The van der Waals surface area contributed by atoms with Crippen LogP contribution in [0.2, 0.25) is 0 Å². The molecule has 0 bridgehead atoms. The summed E-state index contributed by atoms with van der Waals surface area (Å²) in [5.41, 5.74) is 0. The smallest absolute Gasteiger partial charge is 0.237 e. The van der Waals surface area contributed by atoms with Crippen LogP contribution in [0.25, 0.3) is 0 Å². The van der Waals surface area contributed by atoms with E-state index < -0.39 is 0 Å². The van der Waals surface area contributed by atoms with E-state index in [2.05, 4.69) is 24.5 Å². The van der Waals surface area contributed by atoms with Crippen molar-refractivity contribution in [2.24, 2.45) is 0 Å². The maximum Gasteiger partial charge on any atom is 0.237 e. The highest BCUT2D eigenvalue weighted by atomic mass is 16.2. The van der Waals surface area contributed by atoms with Gasteiger partial charge in [0.25, 0.3) is 0 Å². The first-order chi connectivity index (χ1) is 7.09. The van der Waals surface area contributed by atoms with Crippen molar-refractivity contribution in [1.82, 2.24) is 10.6 Å². The van der Waals surface area contributed by atoms with Gasteiger partial charge in [0, 0.05) is 12.1 Å². The molecule has 1 saturated carbocycles. The van der Waals surface area contributed by atoms with E-state index in [-0.39, 0.29) is 11.9 Å². The van der Waals surface area contributed by atoms with E-state index in [4.69, 9.17) is 0 Å². The number of carbonyl (C=O) groups is 1. The molecule has 0 aromatic rings. The maximum absolute atomic E-state index is 11.8. The van der Waals surface area contributed by atoms with Crippen LogP contribution in [0, 0.1) is 0 Å². The molecule has 0 heterocycles. The summed E-state index contributed by atoms with van der Waals surface area (Å²) in [4.78, 5) is 11.8. The van der Waals surface area contributed by atoms with Gasteiger partial charge in [-0.25, -0.2) is 0 Å². The van der Waals surface area contributed by atoms with Gasteiger partial charge in [-0.3, -0.25) is 4.79 Å². The lowest BCUT2D eigenvalue weighted by Crippen LogP contribution is -2.48. The minimum atomic E-state index is -0.0769. The Morgan fingerprint density at radius 1 is 1.13 bits per heavy atom. The van der Waals surface area contributed by atoms with Crippen molar-refractivity contribution in [1.29, 1.82) is 0 Å². The minimum Gasteiger partial charge on any atom is -0.352 e. The zero-order valence-corrected chi connectivity index (χ0v) is 10.2. The largest absolute Gasteiger partial charge is 0.352 e. The van der Waals surface area contributed by atoms with Gasteiger partial charge in [0.05, 0.1) is 6.04 Å². The number of nitrogens with one attached hydrogen (secondary N) is 2. The SMILES string of the molecule is CC(C)NC(C)C(=O)NC1CCCCC1. The molecule has 1 fully saturated rings. The Labute approximate surface area is 93.0 Å². The third-order valence-corrected chi connectivity index (χ3v) is 2.93. The highest BCUT2D eigenvalue weighted by molar-refractivity contribution is 5.81. The van der Waals surface area contributed by atoms with Crippen molar-refractivity contribution in [3.05, 3.63) is 0 Å². The second-order valence-electron chi connectivity index (χ2n) is 4.89. The summed E-state index contributed by atoms with van der Waals surface area (Å²) in [7, 11) is 0. The second kappa shape index (κ2) is 6.11. The fourth-order valence-corrected chi connectivity index (χ4v) is 2.15. The third kappa shape index (κ3) is 4.65. The van der Waals surface area contributed by atoms with Gasteiger partial charge >= 0.3 is 0 Å². The van der Waals surface area contributed by atoms with Crippen LogP contribution in [0.1, 0.15) is 52.9 Å². The Hall–Kier alpha value is -0.570. The first kappa shape index (κ1) is 12.5. The minimum absolute atomic E-state index is 0.0769. The van der Waals surface area contributed by atoms with Gasteiger partial charge in [0.15, 0.2) is 0 Å². The van der Waals surface area contributed by atoms with Gasteiger partial charge in [-0.05, 0) is 19.8 Å². The molecule has 0 aromatic carbocycles. The van der Waals surface area contributed by atoms with Crippen molar-refractivity contribution < 1.29 is 4.79 Å². The molecule has 0 aliphatic heterocycles. The molecule has 2 N–H and O–H groups in total. The average molecular weight is 212 g/mol. The highest BCUT2D eigenvalue weighted by Gasteiger charge is 2.19. The normalized spacial score (nSPS) is 20.3. The van der Waals surface area contributed by atoms with Crippen LogP contribution in [-0.2, 0) is 4.79 Å². The van der Waals surface area contributed by atoms with Gasteiger partial charge in [-0.2, -0.15) is 0 Å². The molecule has 1 aliphatic rings. The van der Waals surface area contributed by atoms with Crippen LogP contribution < -0.4 is 10.6 Å². The summed E-state index contributed by atoms with van der Waals surface area (Å²) in [6, 6.07) is 0.701. The molecule has 88 valence electrons. The van der Waals surface area contributed by atoms with E-state index in [1.165, 1.54) is 19.3 Å². The molecular weight excluding hydrogens is 188 g/mol. The molecule has 3 heteroatoms. The fourth-order valence-electron chi connectivity index (χ4n) is 2.15. The van der Waals surface area contributed by atoms with Gasteiger partial charge < -0.3 is 10.6 Å². The first-order valence-electron chi connectivity index (χ1n) is 6.16. The monoisotopic (exact) mass is 212 g/mol. The lowest BCUT2D eigenvalue weighted by Gasteiger charge is -2.25.